The molecule has 2 fully saturated rings. The maximum Gasteiger partial charge on any atom is 0.184 e. The van der Waals surface area contributed by atoms with E-state index in [1.165, 1.54) is 5.56 Å². The number of fused-ring (bicyclic) bond motifs is 1. The molecule has 6 rings (SSSR count). The topological polar surface area (TPSA) is 46.2 Å². The lowest BCUT2D eigenvalue weighted by Crippen LogP contribution is -2.63. The zero-order chi connectivity index (χ0) is 26.3. The molecule has 2 saturated heterocycles. The second kappa shape index (κ2) is 12.7. The molecule has 0 radical (unpaired) electrons. The normalized spacial score (nSPS) is 26.6. The van der Waals surface area contributed by atoms with Crippen LogP contribution in [0.3, 0.4) is 0 Å². The van der Waals surface area contributed by atoms with E-state index >= 15 is 0 Å². The SMILES string of the molecule is c1ccc(CO[C@@H]2[C@@H](OCc3ccccc3)[C@H](Cc3ccccc3)O[C@@H]3CO[C@@H](c4ccccc4)O[C@@H]23)cc1. The lowest BCUT2D eigenvalue weighted by Gasteiger charge is -2.49. The van der Waals surface area contributed by atoms with Crippen LogP contribution in [0.4, 0.5) is 0 Å². The summed E-state index contributed by atoms with van der Waals surface area (Å²) < 4.78 is 32.9. The third kappa shape index (κ3) is 6.47. The molecule has 2 aliphatic heterocycles. The smallest absolute Gasteiger partial charge is 0.184 e. The highest BCUT2D eigenvalue weighted by Crippen LogP contribution is 2.37. The molecule has 6 atom stereocenters. The van der Waals surface area contributed by atoms with E-state index in [0.29, 0.717) is 26.2 Å². The van der Waals surface area contributed by atoms with Crippen molar-refractivity contribution in [3.05, 3.63) is 144 Å². The largest absolute Gasteiger partial charge is 0.368 e. The van der Waals surface area contributed by atoms with Crippen molar-refractivity contribution >= 4 is 0 Å². The monoisotopic (exact) mass is 522 g/mol. The first-order valence-electron chi connectivity index (χ1n) is 13.7. The summed E-state index contributed by atoms with van der Waals surface area (Å²) in [6.45, 7) is 1.34. The highest BCUT2D eigenvalue weighted by atomic mass is 16.7. The van der Waals surface area contributed by atoms with Gasteiger partial charge in [0.05, 0.1) is 25.9 Å². The molecule has 4 aromatic rings. The van der Waals surface area contributed by atoms with E-state index in [4.69, 9.17) is 23.7 Å². The summed E-state index contributed by atoms with van der Waals surface area (Å²) in [6.07, 6.45) is -1.31. The minimum Gasteiger partial charge on any atom is -0.368 e. The van der Waals surface area contributed by atoms with Gasteiger partial charge in [-0.15, -0.1) is 0 Å². The predicted octanol–water partition coefficient (Wildman–Crippen LogP) is 6.28. The van der Waals surface area contributed by atoms with E-state index in [0.717, 1.165) is 16.7 Å². The zero-order valence-corrected chi connectivity index (χ0v) is 21.9. The molecular weight excluding hydrogens is 488 g/mol. The second-order valence-corrected chi connectivity index (χ2v) is 10.1. The van der Waals surface area contributed by atoms with Crippen LogP contribution in [0.1, 0.15) is 28.5 Å². The van der Waals surface area contributed by atoms with Gasteiger partial charge in [0.2, 0.25) is 0 Å². The van der Waals surface area contributed by atoms with Crippen LogP contribution in [0, 0.1) is 0 Å². The van der Waals surface area contributed by atoms with Gasteiger partial charge in [0.1, 0.15) is 24.4 Å². The number of rotatable bonds is 9. The molecule has 0 amide bonds. The molecule has 4 aromatic carbocycles. The molecule has 0 saturated carbocycles. The number of benzene rings is 4. The molecule has 0 spiro atoms. The van der Waals surface area contributed by atoms with E-state index in [1.807, 2.05) is 72.8 Å². The van der Waals surface area contributed by atoms with Gasteiger partial charge in [-0.2, -0.15) is 0 Å². The third-order valence-corrected chi connectivity index (χ3v) is 7.34. The highest BCUT2D eigenvalue weighted by Gasteiger charge is 2.51. The Kier molecular flexibility index (Phi) is 8.44. The fraction of sp³-hybridized carbons (Fsp3) is 0.294. The molecule has 2 heterocycles. The van der Waals surface area contributed by atoms with Crippen molar-refractivity contribution in [2.24, 2.45) is 0 Å². The quantitative estimate of drug-likeness (QED) is 0.259. The maximum absolute atomic E-state index is 6.71. The van der Waals surface area contributed by atoms with Crippen molar-refractivity contribution in [3.8, 4) is 0 Å². The van der Waals surface area contributed by atoms with Gasteiger partial charge < -0.3 is 23.7 Å². The Balaban J connectivity index is 1.30. The number of hydrogen-bond acceptors (Lipinski definition) is 5. The van der Waals surface area contributed by atoms with Crippen LogP contribution in [-0.4, -0.2) is 37.1 Å². The summed E-state index contributed by atoms with van der Waals surface area (Å²) in [7, 11) is 0. The lowest BCUT2D eigenvalue weighted by atomic mass is 9.90. The molecule has 200 valence electrons. The van der Waals surface area contributed by atoms with E-state index in [1.54, 1.807) is 0 Å². The van der Waals surface area contributed by atoms with Crippen molar-refractivity contribution < 1.29 is 23.7 Å². The minimum atomic E-state index is -0.487. The van der Waals surface area contributed by atoms with E-state index < -0.39 is 6.29 Å². The van der Waals surface area contributed by atoms with Crippen LogP contribution in [0.5, 0.6) is 0 Å². The van der Waals surface area contributed by atoms with Crippen LogP contribution in [-0.2, 0) is 43.3 Å². The Bertz CT molecular complexity index is 1270. The van der Waals surface area contributed by atoms with E-state index in [-0.39, 0.29) is 30.5 Å². The van der Waals surface area contributed by atoms with Crippen molar-refractivity contribution in [2.75, 3.05) is 6.61 Å². The van der Waals surface area contributed by atoms with E-state index in [2.05, 4.69) is 48.5 Å². The van der Waals surface area contributed by atoms with Gasteiger partial charge in [-0.3, -0.25) is 0 Å². The second-order valence-electron chi connectivity index (χ2n) is 10.1. The van der Waals surface area contributed by atoms with Gasteiger partial charge in [-0.05, 0) is 16.7 Å². The van der Waals surface area contributed by atoms with Gasteiger partial charge in [-0.1, -0.05) is 121 Å². The highest BCUT2D eigenvalue weighted by molar-refractivity contribution is 5.19. The Morgan fingerprint density at radius 3 is 1.67 bits per heavy atom. The molecule has 39 heavy (non-hydrogen) atoms. The van der Waals surface area contributed by atoms with Crippen LogP contribution < -0.4 is 0 Å². The van der Waals surface area contributed by atoms with Gasteiger partial charge in [0.25, 0.3) is 0 Å². The summed E-state index contributed by atoms with van der Waals surface area (Å²) in [6, 6.07) is 40.9. The van der Waals surface area contributed by atoms with Crippen LogP contribution in [0.15, 0.2) is 121 Å². The molecule has 0 aliphatic carbocycles. The fourth-order valence-electron chi connectivity index (χ4n) is 5.37. The minimum absolute atomic E-state index is 0.224. The predicted molar refractivity (Wildman–Crippen MR) is 149 cm³/mol. The summed E-state index contributed by atoms with van der Waals surface area (Å²) in [5.41, 5.74) is 4.38. The van der Waals surface area contributed by atoms with Crippen LogP contribution >= 0.6 is 0 Å². The molecule has 0 N–H and O–H groups in total. The molecule has 0 bridgehead atoms. The summed E-state index contributed by atoms with van der Waals surface area (Å²) in [4.78, 5) is 0. The Morgan fingerprint density at radius 1 is 0.564 bits per heavy atom. The molecule has 5 nitrogen and oxygen atoms in total. The molecule has 0 unspecified atom stereocenters. The Hall–Kier alpha value is -3.32. The standard InChI is InChI=1S/C34H34O5/c1-5-13-25(14-6-1)21-29-31(35-22-26-15-7-2-8-16-26)33(36-23-27-17-9-3-10-18-27)32-30(38-29)24-37-34(39-32)28-19-11-4-12-20-28/h1-20,29-34H,21-24H2/t29-,30+,31-,32+,33+,34+/m0/s1. The van der Waals surface area contributed by atoms with Gasteiger partial charge in [0, 0.05) is 12.0 Å². The average Bonchev–Trinajstić information content (AvgIpc) is 3.01. The van der Waals surface area contributed by atoms with E-state index in [9.17, 15) is 0 Å². The first-order chi connectivity index (χ1) is 19.3. The first-order valence-corrected chi connectivity index (χ1v) is 13.7. The van der Waals surface area contributed by atoms with Crippen molar-refractivity contribution in [3.63, 3.8) is 0 Å². The molecular formula is C34H34O5. The molecule has 0 aromatic heterocycles. The van der Waals surface area contributed by atoms with Gasteiger partial charge in [0.15, 0.2) is 6.29 Å². The maximum atomic E-state index is 6.71. The average molecular weight is 523 g/mol. The first kappa shape index (κ1) is 25.9. The van der Waals surface area contributed by atoms with Crippen molar-refractivity contribution in [2.45, 2.75) is 56.4 Å². The van der Waals surface area contributed by atoms with Gasteiger partial charge >= 0.3 is 0 Å². The van der Waals surface area contributed by atoms with Crippen LogP contribution in [0.25, 0.3) is 0 Å². The van der Waals surface area contributed by atoms with Crippen molar-refractivity contribution in [1.29, 1.82) is 0 Å². The Morgan fingerprint density at radius 2 is 1.08 bits per heavy atom. The third-order valence-electron chi connectivity index (χ3n) is 7.34. The Labute approximate surface area is 230 Å². The van der Waals surface area contributed by atoms with Crippen LogP contribution in [0.2, 0.25) is 0 Å². The number of ether oxygens (including phenoxy) is 5. The zero-order valence-electron chi connectivity index (χ0n) is 21.9. The van der Waals surface area contributed by atoms with Crippen molar-refractivity contribution in [1.82, 2.24) is 0 Å². The molecule has 5 heteroatoms. The molecule has 2 aliphatic rings. The number of hydrogen-bond donors (Lipinski definition) is 0. The summed E-state index contributed by atoms with van der Waals surface area (Å²) in [5, 5.41) is 0. The summed E-state index contributed by atoms with van der Waals surface area (Å²) >= 11 is 0. The van der Waals surface area contributed by atoms with Gasteiger partial charge in [-0.25, -0.2) is 0 Å². The summed E-state index contributed by atoms with van der Waals surface area (Å²) in [5.74, 6) is 0. The fourth-order valence-corrected chi connectivity index (χ4v) is 5.37. The lowest BCUT2D eigenvalue weighted by molar-refractivity contribution is -0.339.